The van der Waals surface area contributed by atoms with E-state index in [-0.39, 0.29) is 6.54 Å². The summed E-state index contributed by atoms with van der Waals surface area (Å²) in [6, 6.07) is 1.81. The quantitative estimate of drug-likeness (QED) is 0.899. The highest BCUT2D eigenvalue weighted by Crippen LogP contribution is 2.22. The molecule has 7 heteroatoms. The van der Waals surface area contributed by atoms with Crippen molar-refractivity contribution in [3.05, 3.63) is 23.7 Å². The lowest BCUT2D eigenvalue weighted by molar-refractivity contribution is 0.0523. The molecule has 0 bridgehead atoms. The van der Waals surface area contributed by atoms with Gasteiger partial charge in [0.05, 0.1) is 29.7 Å². The Morgan fingerprint density at radius 1 is 1.50 bits per heavy atom. The van der Waals surface area contributed by atoms with E-state index in [2.05, 4.69) is 20.7 Å². The number of carbonyl (C=O) groups is 1. The number of H-pyrrole nitrogens is 1. The van der Waals surface area contributed by atoms with Gasteiger partial charge >= 0.3 is 6.09 Å². The molecule has 0 saturated carbocycles. The Labute approximate surface area is 116 Å². The van der Waals surface area contributed by atoms with Crippen LogP contribution in [0.3, 0.4) is 0 Å². The van der Waals surface area contributed by atoms with Crippen molar-refractivity contribution < 1.29 is 14.1 Å². The number of hydrogen-bond acceptors (Lipinski definition) is 5. The third kappa shape index (κ3) is 3.59. The third-order valence-corrected chi connectivity index (χ3v) is 2.42. The van der Waals surface area contributed by atoms with E-state index >= 15 is 0 Å². The number of nitrogens with zero attached hydrogens (tertiary/aromatic N) is 2. The highest BCUT2D eigenvalue weighted by Gasteiger charge is 2.17. The van der Waals surface area contributed by atoms with Gasteiger partial charge in [-0.2, -0.15) is 5.10 Å². The number of carbonyl (C=O) groups excluding carboxylic acids is 1. The number of aromatic amines is 1. The van der Waals surface area contributed by atoms with E-state index in [1.165, 1.54) is 0 Å². The topological polar surface area (TPSA) is 93.0 Å². The number of amides is 1. The van der Waals surface area contributed by atoms with Gasteiger partial charge in [0.2, 0.25) is 0 Å². The van der Waals surface area contributed by atoms with Gasteiger partial charge < -0.3 is 14.6 Å². The fraction of sp³-hybridized carbons (Fsp3) is 0.462. The highest BCUT2D eigenvalue weighted by molar-refractivity contribution is 5.68. The smallest absolute Gasteiger partial charge is 0.407 e. The molecule has 0 unspecified atom stereocenters. The summed E-state index contributed by atoms with van der Waals surface area (Å²) >= 11 is 0. The summed E-state index contributed by atoms with van der Waals surface area (Å²) in [5, 5.41) is 13.3. The number of aryl methyl sites for hydroxylation is 1. The largest absolute Gasteiger partial charge is 0.444 e. The van der Waals surface area contributed by atoms with E-state index < -0.39 is 11.7 Å². The van der Waals surface area contributed by atoms with Crippen molar-refractivity contribution in [2.75, 3.05) is 0 Å². The molecule has 2 N–H and O–H groups in total. The van der Waals surface area contributed by atoms with E-state index in [0.717, 1.165) is 17.0 Å². The molecule has 108 valence electrons. The standard InChI is InChI=1S/C13H18N4O3/c1-8-5-11(20-17-8)9-6-15-16-10(9)7-14-12(18)19-13(2,3)4/h5-6H,7H2,1-4H3,(H,14,18)(H,15,16). The first-order chi connectivity index (χ1) is 9.35. The summed E-state index contributed by atoms with van der Waals surface area (Å²) in [5.74, 6) is 0.609. The number of ether oxygens (including phenoxy) is 1. The van der Waals surface area contributed by atoms with Crippen LogP contribution in [-0.2, 0) is 11.3 Å². The second-order valence-corrected chi connectivity index (χ2v) is 5.45. The maximum Gasteiger partial charge on any atom is 0.407 e. The van der Waals surface area contributed by atoms with Crippen LogP contribution in [0, 0.1) is 6.92 Å². The minimum atomic E-state index is -0.525. The molecule has 7 nitrogen and oxygen atoms in total. The second kappa shape index (κ2) is 5.36. The van der Waals surface area contributed by atoms with Crippen LogP contribution in [0.1, 0.15) is 32.2 Å². The predicted octanol–water partition coefficient (Wildman–Crippen LogP) is 2.40. The lowest BCUT2D eigenvalue weighted by atomic mass is 10.2. The van der Waals surface area contributed by atoms with Crippen LogP contribution in [0.15, 0.2) is 16.8 Å². The zero-order valence-electron chi connectivity index (χ0n) is 12.0. The minimum absolute atomic E-state index is 0.268. The van der Waals surface area contributed by atoms with Crippen molar-refractivity contribution in [3.63, 3.8) is 0 Å². The first kappa shape index (κ1) is 14.1. The molecule has 0 saturated heterocycles. The van der Waals surface area contributed by atoms with Crippen molar-refractivity contribution in [1.29, 1.82) is 0 Å². The Kier molecular flexibility index (Phi) is 3.78. The minimum Gasteiger partial charge on any atom is -0.444 e. The van der Waals surface area contributed by atoms with Crippen molar-refractivity contribution in [2.45, 2.75) is 39.8 Å². The van der Waals surface area contributed by atoms with Gasteiger partial charge in [0.1, 0.15) is 5.60 Å². The average Bonchev–Trinajstić information content (AvgIpc) is 2.92. The Hall–Kier alpha value is -2.31. The van der Waals surface area contributed by atoms with Crippen LogP contribution >= 0.6 is 0 Å². The summed E-state index contributed by atoms with van der Waals surface area (Å²) in [7, 11) is 0. The molecule has 0 radical (unpaired) electrons. The Balaban J connectivity index is 2.01. The van der Waals surface area contributed by atoms with E-state index in [1.54, 1.807) is 6.20 Å². The van der Waals surface area contributed by atoms with Crippen LogP contribution in [0.2, 0.25) is 0 Å². The number of nitrogens with one attached hydrogen (secondary N) is 2. The van der Waals surface area contributed by atoms with Crippen molar-refractivity contribution >= 4 is 6.09 Å². The number of aromatic nitrogens is 3. The molecule has 0 aromatic carbocycles. The Morgan fingerprint density at radius 3 is 2.85 bits per heavy atom. The zero-order chi connectivity index (χ0) is 14.8. The summed E-state index contributed by atoms with van der Waals surface area (Å²) in [4.78, 5) is 11.6. The molecule has 1 amide bonds. The lowest BCUT2D eigenvalue weighted by Gasteiger charge is -2.19. The van der Waals surface area contributed by atoms with Crippen LogP contribution < -0.4 is 5.32 Å². The van der Waals surface area contributed by atoms with E-state index in [0.29, 0.717) is 5.76 Å². The first-order valence-electron chi connectivity index (χ1n) is 6.28. The lowest BCUT2D eigenvalue weighted by Crippen LogP contribution is -2.32. The zero-order valence-corrected chi connectivity index (χ0v) is 12.0. The predicted molar refractivity (Wildman–Crippen MR) is 71.9 cm³/mol. The van der Waals surface area contributed by atoms with Gasteiger partial charge in [-0.25, -0.2) is 4.79 Å². The Morgan fingerprint density at radius 2 is 2.25 bits per heavy atom. The molecule has 0 fully saturated rings. The molecule has 20 heavy (non-hydrogen) atoms. The highest BCUT2D eigenvalue weighted by atomic mass is 16.6. The SMILES string of the molecule is Cc1cc(-c2cn[nH]c2CNC(=O)OC(C)(C)C)on1. The van der Waals surface area contributed by atoms with Crippen LogP contribution in [0.4, 0.5) is 4.79 Å². The fourth-order valence-corrected chi connectivity index (χ4v) is 1.63. The summed E-state index contributed by atoms with van der Waals surface area (Å²) < 4.78 is 10.3. The van der Waals surface area contributed by atoms with E-state index in [4.69, 9.17) is 9.26 Å². The monoisotopic (exact) mass is 278 g/mol. The van der Waals surface area contributed by atoms with Gasteiger partial charge in [0.15, 0.2) is 5.76 Å². The molecule has 0 spiro atoms. The summed E-state index contributed by atoms with van der Waals surface area (Å²) in [5.41, 5.74) is 1.75. The molecule has 0 aliphatic carbocycles. The van der Waals surface area contributed by atoms with Gasteiger partial charge in [0, 0.05) is 6.07 Å². The molecular formula is C13H18N4O3. The van der Waals surface area contributed by atoms with Gasteiger partial charge in [0.25, 0.3) is 0 Å². The molecule has 2 aromatic rings. The first-order valence-corrected chi connectivity index (χ1v) is 6.28. The van der Waals surface area contributed by atoms with Crippen LogP contribution in [0.25, 0.3) is 11.3 Å². The van der Waals surface area contributed by atoms with Crippen molar-refractivity contribution in [3.8, 4) is 11.3 Å². The molecule has 2 aromatic heterocycles. The van der Waals surface area contributed by atoms with Crippen molar-refractivity contribution in [1.82, 2.24) is 20.7 Å². The summed E-state index contributed by atoms with van der Waals surface area (Å²) in [6.45, 7) is 7.54. The van der Waals surface area contributed by atoms with Gasteiger partial charge in [-0.3, -0.25) is 5.10 Å². The molecular weight excluding hydrogens is 260 g/mol. The molecule has 0 aliphatic heterocycles. The number of alkyl carbamates (subject to hydrolysis) is 1. The van der Waals surface area contributed by atoms with Gasteiger partial charge in [-0.15, -0.1) is 0 Å². The molecule has 0 atom stereocenters. The molecule has 2 rings (SSSR count). The maximum atomic E-state index is 11.6. The van der Waals surface area contributed by atoms with E-state index in [9.17, 15) is 4.79 Å². The summed E-state index contributed by atoms with van der Waals surface area (Å²) in [6.07, 6.45) is 1.15. The van der Waals surface area contributed by atoms with Gasteiger partial charge in [-0.05, 0) is 27.7 Å². The van der Waals surface area contributed by atoms with Crippen LogP contribution in [-0.4, -0.2) is 27.0 Å². The molecule has 0 aliphatic rings. The number of hydrogen-bond donors (Lipinski definition) is 2. The van der Waals surface area contributed by atoms with E-state index in [1.807, 2.05) is 33.8 Å². The molecule has 2 heterocycles. The fourth-order valence-electron chi connectivity index (χ4n) is 1.63. The van der Waals surface area contributed by atoms with Crippen molar-refractivity contribution in [2.24, 2.45) is 0 Å². The van der Waals surface area contributed by atoms with Gasteiger partial charge in [-0.1, -0.05) is 5.16 Å². The Bertz CT molecular complexity index is 595. The average molecular weight is 278 g/mol. The third-order valence-electron chi connectivity index (χ3n) is 2.42. The number of rotatable bonds is 3. The second-order valence-electron chi connectivity index (χ2n) is 5.45. The van der Waals surface area contributed by atoms with Crippen LogP contribution in [0.5, 0.6) is 0 Å². The maximum absolute atomic E-state index is 11.6. The normalized spacial score (nSPS) is 11.4.